The van der Waals surface area contributed by atoms with Gasteiger partial charge < -0.3 is 0 Å². The third-order valence-electron chi connectivity index (χ3n) is 2.47. The fourth-order valence-corrected chi connectivity index (χ4v) is 1.65. The summed E-state index contributed by atoms with van der Waals surface area (Å²) in [6, 6.07) is 0. The van der Waals surface area contributed by atoms with Crippen LogP contribution in [-0.4, -0.2) is 0 Å². The normalized spacial score (nSPS) is 17.2. The first-order valence-corrected chi connectivity index (χ1v) is 5.36. The minimum absolute atomic E-state index is 1.22. The summed E-state index contributed by atoms with van der Waals surface area (Å²) < 4.78 is 0. The third-order valence-corrected chi connectivity index (χ3v) is 2.47. The van der Waals surface area contributed by atoms with Crippen LogP contribution in [0, 0.1) is 0 Å². The molecular weight excluding hydrogens is 144 g/mol. The highest BCUT2D eigenvalue weighted by molar-refractivity contribution is 5.03. The Labute approximate surface area is 76.4 Å². The van der Waals surface area contributed by atoms with Gasteiger partial charge in [0.1, 0.15) is 0 Å². The highest BCUT2D eigenvalue weighted by Crippen LogP contribution is 2.21. The van der Waals surface area contributed by atoms with Gasteiger partial charge in [0.2, 0.25) is 0 Å². The van der Waals surface area contributed by atoms with Crippen LogP contribution in [0.5, 0.6) is 0 Å². The van der Waals surface area contributed by atoms with E-state index in [1.165, 1.54) is 51.4 Å². The standard InChI is InChI=1S/C12H20/c1-2-3-4-6-9-12-10-7-5-8-11-12/h6H,2-5,7-8,10-11H2,1H3. The van der Waals surface area contributed by atoms with Crippen LogP contribution in [0.1, 0.15) is 58.3 Å². The smallest absolute Gasteiger partial charge is 0.0244 e. The number of unbranched alkanes of at least 4 members (excludes halogenated alkanes) is 2. The van der Waals surface area contributed by atoms with E-state index in [2.05, 4.69) is 18.7 Å². The van der Waals surface area contributed by atoms with Crippen molar-refractivity contribution in [3.05, 3.63) is 17.4 Å². The first-order valence-electron chi connectivity index (χ1n) is 5.36. The lowest BCUT2D eigenvalue weighted by Crippen LogP contribution is -1.91. The molecule has 0 aromatic rings. The van der Waals surface area contributed by atoms with Crippen molar-refractivity contribution in [2.24, 2.45) is 0 Å². The first-order chi connectivity index (χ1) is 5.93. The molecule has 1 saturated carbocycles. The molecule has 0 N–H and O–H groups in total. The molecule has 1 aliphatic carbocycles. The Balaban J connectivity index is 2.27. The van der Waals surface area contributed by atoms with Gasteiger partial charge in [0, 0.05) is 0 Å². The van der Waals surface area contributed by atoms with E-state index in [0.29, 0.717) is 0 Å². The zero-order chi connectivity index (χ0) is 8.65. The van der Waals surface area contributed by atoms with Crippen molar-refractivity contribution in [2.45, 2.75) is 58.3 Å². The van der Waals surface area contributed by atoms with E-state index in [1.54, 1.807) is 5.57 Å². The van der Waals surface area contributed by atoms with Gasteiger partial charge in [-0.25, -0.2) is 0 Å². The molecule has 1 aliphatic rings. The molecule has 0 spiro atoms. The average Bonchev–Trinajstić information content (AvgIpc) is 2.14. The third kappa shape index (κ3) is 3.78. The van der Waals surface area contributed by atoms with Crippen LogP contribution in [0.3, 0.4) is 0 Å². The van der Waals surface area contributed by atoms with Gasteiger partial charge >= 0.3 is 0 Å². The van der Waals surface area contributed by atoms with E-state index in [4.69, 9.17) is 0 Å². The molecule has 0 aromatic carbocycles. The van der Waals surface area contributed by atoms with Crippen molar-refractivity contribution in [1.29, 1.82) is 0 Å². The van der Waals surface area contributed by atoms with Crippen molar-refractivity contribution in [1.82, 2.24) is 0 Å². The van der Waals surface area contributed by atoms with E-state index in [-0.39, 0.29) is 0 Å². The molecule has 0 unspecified atom stereocenters. The Morgan fingerprint density at radius 2 is 2.00 bits per heavy atom. The second-order valence-corrected chi connectivity index (χ2v) is 3.65. The summed E-state index contributed by atoms with van der Waals surface area (Å²) in [4.78, 5) is 0. The highest BCUT2D eigenvalue weighted by Gasteiger charge is 2.02. The second kappa shape index (κ2) is 6.08. The minimum atomic E-state index is 1.22. The SMILES string of the molecule is CCCCC=C=C1CCCCC1. The van der Waals surface area contributed by atoms with Crippen LogP contribution < -0.4 is 0 Å². The zero-order valence-electron chi connectivity index (χ0n) is 8.23. The summed E-state index contributed by atoms with van der Waals surface area (Å²) in [6.07, 6.45) is 12.9. The molecular formula is C12H20. The van der Waals surface area contributed by atoms with E-state index < -0.39 is 0 Å². The van der Waals surface area contributed by atoms with Gasteiger partial charge in [-0.1, -0.05) is 19.8 Å². The van der Waals surface area contributed by atoms with Crippen LogP contribution in [0.2, 0.25) is 0 Å². The molecule has 0 radical (unpaired) electrons. The lowest BCUT2D eigenvalue weighted by Gasteiger charge is -2.10. The number of hydrogen-bond acceptors (Lipinski definition) is 0. The van der Waals surface area contributed by atoms with Gasteiger partial charge in [-0.2, -0.15) is 0 Å². The van der Waals surface area contributed by atoms with Gasteiger partial charge in [0.15, 0.2) is 0 Å². The van der Waals surface area contributed by atoms with Gasteiger partial charge in [0.05, 0.1) is 0 Å². The molecule has 1 rings (SSSR count). The number of allylic oxidation sites excluding steroid dienone is 1. The van der Waals surface area contributed by atoms with Gasteiger partial charge in [-0.3, -0.25) is 0 Å². The van der Waals surface area contributed by atoms with Crippen molar-refractivity contribution in [3.63, 3.8) is 0 Å². The van der Waals surface area contributed by atoms with Crippen LogP contribution >= 0.6 is 0 Å². The Hall–Kier alpha value is -0.480. The molecule has 0 heteroatoms. The van der Waals surface area contributed by atoms with Crippen LogP contribution in [-0.2, 0) is 0 Å². The first kappa shape index (κ1) is 9.61. The van der Waals surface area contributed by atoms with E-state index in [0.717, 1.165) is 0 Å². The van der Waals surface area contributed by atoms with Crippen molar-refractivity contribution < 1.29 is 0 Å². The largest absolute Gasteiger partial charge is 0.126 e. The average molecular weight is 164 g/mol. The number of rotatable bonds is 3. The second-order valence-electron chi connectivity index (χ2n) is 3.65. The molecule has 0 saturated heterocycles. The van der Waals surface area contributed by atoms with E-state index >= 15 is 0 Å². The molecule has 0 heterocycles. The van der Waals surface area contributed by atoms with E-state index in [9.17, 15) is 0 Å². The van der Waals surface area contributed by atoms with E-state index in [1.807, 2.05) is 0 Å². The summed E-state index contributed by atoms with van der Waals surface area (Å²) in [5.74, 6) is 0. The molecule has 0 aliphatic heterocycles. The Morgan fingerprint density at radius 3 is 2.67 bits per heavy atom. The summed E-state index contributed by atoms with van der Waals surface area (Å²) in [5.41, 5.74) is 5.02. The van der Waals surface area contributed by atoms with Crippen LogP contribution in [0.4, 0.5) is 0 Å². The van der Waals surface area contributed by atoms with Crippen molar-refractivity contribution in [3.8, 4) is 0 Å². The quantitative estimate of drug-likeness (QED) is 0.432. The fourth-order valence-electron chi connectivity index (χ4n) is 1.65. The Bertz CT molecular complexity index is 162. The van der Waals surface area contributed by atoms with Crippen LogP contribution in [0.15, 0.2) is 17.4 Å². The summed E-state index contributed by atoms with van der Waals surface area (Å²) >= 11 is 0. The minimum Gasteiger partial charge on any atom is -0.126 e. The fraction of sp³-hybridized carbons (Fsp3) is 0.750. The topological polar surface area (TPSA) is 0 Å². The maximum atomic E-state index is 3.45. The monoisotopic (exact) mass is 164 g/mol. The van der Waals surface area contributed by atoms with Gasteiger partial charge in [-0.15, -0.1) is 5.73 Å². The summed E-state index contributed by atoms with van der Waals surface area (Å²) in [5, 5.41) is 0. The number of hydrogen-bond donors (Lipinski definition) is 0. The van der Waals surface area contributed by atoms with Gasteiger partial charge in [-0.05, 0) is 50.2 Å². The van der Waals surface area contributed by atoms with Crippen molar-refractivity contribution >= 4 is 0 Å². The molecule has 68 valence electrons. The Kier molecular flexibility index (Phi) is 4.87. The van der Waals surface area contributed by atoms with Crippen molar-refractivity contribution in [2.75, 3.05) is 0 Å². The molecule has 0 aromatic heterocycles. The molecule has 0 amide bonds. The Morgan fingerprint density at radius 1 is 1.25 bits per heavy atom. The molecule has 0 bridgehead atoms. The predicted octanol–water partition coefficient (Wildman–Crippen LogP) is 4.22. The lowest BCUT2D eigenvalue weighted by atomic mass is 9.95. The molecule has 12 heavy (non-hydrogen) atoms. The zero-order valence-corrected chi connectivity index (χ0v) is 8.23. The highest BCUT2D eigenvalue weighted by atomic mass is 14.1. The predicted molar refractivity (Wildman–Crippen MR) is 54.2 cm³/mol. The lowest BCUT2D eigenvalue weighted by molar-refractivity contribution is 0.600. The summed E-state index contributed by atoms with van der Waals surface area (Å²) in [7, 11) is 0. The van der Waals surface area contributed by atoms with Crippen LogP contribution in [0.25, 0.3) is 0 Å². The summed E-state index contributed by atoms with van der Waals surface area (Å²) in [6.45, 7) is 2.24. The molecule has 0 atom stereocenters. The van der Waals surface area contributed by atoms with Gasteiger partial charge in [0.25, 0.3) is 0 Å². The molecule has 1 fully saturated rings. The maximum Gasteiger partial charge on any atom is -0.0244 e. The maximum absolute atomic E-state index is 3.45. The molecule has 0 nitrogen and oxygen atoms in total.